The van der Waals surface area contributed by atoms with Crippen LogP contribution in [-0.4, -0.2) is 16.2 Å². The molecule has 0 amide bonds. The van der Waals surface area contributed by atoms with Crippen LogP contribution < -0.4 is 4.74 Å². The predicted molar refractivity (Wildman–Crippen MR) is 116 cm³/mol. The van der Waals surface area contributed by atoms with E-state index in [9.17, 15) is 0 Å². The Hall–Kier alpha value is -3.33. The van der Waals surface area contributed by atoms with Crippen LogP contribution in [0.25, 0.3) is 22.4 Å². The van der Waals surface area contributed by atoms with Crippen LogP contribution in [0.5, 0.6) is 5.75 Å². The van der Waals surface area contributed by atoms with Gasteiger partial charge in [0.1, 0.15) is 18.2 Å². The van der Waals surface area contributed by atoms with Crippen LogP contribution in [0.3, 0.4) is 0 Å². The Morgan fingerprint density at radius 3 is 2.57 bits per heavy atom. The normalized spacial score (nSPS) is 10.9. The molecule has 4 aromatic rings. The Bertz CT molecular complexity index is 1110. The number of aromatic nitrogens is 2. The highest BCUT2D eigenvalue weighted by atomic mass is 16.5. The topological polar surface area (TPSA) is 27.1 Å². The van der Waals surface area contributed by atoms with Gasteiger partial charge in [0.15, 0.2) is 0 Å². The van der Waals surface area contributed by atoms with E-state index in [4.69, 9.17) is 9.72 Å². The summed E-state index contributed by atoms with van der Waals surface area (Å²) in [6.45, 7) is 7.27. The van der Waals surface area contributed by atoms with E-state index in [1.165, 1.54) is 5.56 Å². The summed E-state index contributed by atoms with van der Waals surface area (Å²) in [7, 11) is 0. The van der Waals surface area contributed by atoms with Gasteiger partial charge < -0.3 is 9.30 Å². The largest absolute Gasteiger partial charge is 0.491 e. The first kappa shape index (κ1) is 18.1. The molecule has 4 rings (SSSR count). The van der Waals surface area contributed by atoms with E-state index in [2.05, 4.69) is 66.6 Å². The van der Waals surface area contributed by atoms with E-state index >= 15 is 0 Å². The molecule has 3 nitrogen and oxygen atoms in total. The lowest BCUT2D eigenvalue weighted by Crippen LogP contribution is -2.10. The first-order chi connectivity index (χ1) is 13.8. The summed E-state index contributed by atoms with van der Waals surface area (Å²) >= 11 is 0. The molecule has 140 valence electrons. The monoisotopic (exact) mass is 368 g/mol. The number of ether oxygens (including phenoxy) is 1. The quantitative estimate of drug-likeness (QED) is 0.384. The van der Waals surface area contributed by atoms with Crippen molar-refractivity contribution in [1.82, 2.24) is 9.55 Å². The molecule has 3 heteroatoms. The van der Waals surface area contributed by atoms with Gasteiger partial charge in [-0.1, -0.05) is 60.7 Å². The molecule has 3 aromatic carbocycles. The molecule has 1 heterocycles. The zero-order valence-electron chi connectivity index (χ0n) is 16.1. The average molecular weight is 368 g/mol. The molecule has 1 aromatic heterocycles. The van der Waals surface area contributed by atoms with Crippen LogP contribution in [0.2, 0.25) is 0 Å². The van der Waals surface area contributed by atoms with Gasteiger partial charge in [0, 0.05) is 5.56 Å². The molecule has 0 aliphatic rings. The van der Waals surface area contributed by atoms with Crippen LogP contribution in [-0.2, 0) is 13.0 Å². The van der Waals surface area contributed by atoms with Crippen molar-refractivity contribution in [2.45, 2.75) is 19.9 Å². The lowest BCUT2D eigenvalue weighted by molar-refractivity contribution is 0.298. The minimum atomic E-state index is 0.577. The molecule has 0 aliphatic heterocycles. The summed E-state index contributed by atoms with van der Waals surface area (Å²) in [4.78, 5) is 4.91. The molecule has 0 saturated carbocycles. The summed E-state index contributed by atoms with van der Waals surface area (Å²) in [5.74, 6) is 1.91. The van der Waals surface area contributed by atoms with Crippen molar-refractivity contribution in [3.05, 3.63) is 96.6 Å². The third-order valence-electron chi connectivity index (χ3n) is 4.95. The molecule has 28 heavy (non-hydrogen) atoms. The molecule has 0 spiro atoms. The van der Waals surface area contributed by atoms with Gasteiger partial charge in [-0.3, -0.25) is 0 Å². The van der Waals surface area contributed by atoms with Gasteiger partial charge in [0.25, 0.3) is 0 Å². The zero-order valence-corrected chi connectivity index (χ0v) is 16.1. The number of hydrogen-bond acceptors (Lipinski definition) is 2. The van der Waals surface area contributed by atoms with Gasteiger partial charge in [-0.2, -0.15) is 0 Å². The van der Waals surface area contributed by atoms with Gasteiger partial charge >= 0.3 is 0 Å². The smallest absolute Gasteiger partial charge is 0.141 e. The van der Waals surface area contributed by atoms with Gasteiger partial charge in [-0.05, 0) is 42.7 Å². The van der Waals surface area contributed by atoms with Gasteiger partial charge in [-0.25, -0.2) is 4.98 Å². The van der Waals surface area contributed by atoms with Crippen LogP contribution in [0.4, 0.5) is 0 Å². The van der Waals surface area contributed by atoms with E-state index in [0.717, 1.165) is 46.7 Å². The Kier molecular flexibility index (Phi) is 5.24. The van der Waals surface area contributed by atoms with Crippen molar-refractivity contribution in [2.24, 2.45) is 0 Å². The van der Waals surface area contributed by atoms with Crippen molar-refractivity contribution in [3.8, 4) is 17.1 Å². The Morgan fingerprint density at radius 2 is 1.71 bits per heavy atom. The fourth-order valence-electron chi connectivity index (χ4n) is 3.55. The highest BCUT2D eigenvalue weighted by Gasteiger charge is 2.14. The van der Waals surface area contributed by atoms with E-state index in [-0.39, 0.29) is 0 Å². The Labute approximate surface area is 165 Å². The first-order valence-corrected chi connectivity index (χ1v) is 9.61. The van der Waals surface area contributed by atoms with Crippen molar-refractivity contribution < 1.29 is 4.74 Å². The summed E-state index contributed by atoms with van der Waals surface area (Å²) in [5, 5.41) is 0. The second-order valence-electron chi connectivity index (χ2n) is 6.84. The molecule has 0 saturated heterocycles. The SMILES string of the molecule is C=CCc1ccccc1OCCn1c(-c2ccccc2C)nc2ccccc21. The molecule has 0 aliphatic carbocycles. The maximum absolute atomic E-state index is 6.14. The second kappa shape index (κ2) is 8.13. The maximum Gasteiger partial charge on any atom is 0.141 e. The molecular weight excluding hydrogens is 344 g/mol. The number of benzene rings is 3. The van der Waals surface area contributed by atoms with E-state index in [0.29, 0.717) is 6.61 Å². The van der Waals surface area contributed by atoms with Crippen molar-refractivity contribution in [1.29, 1.82) is 0 Å². The number of aryl methyl sites for hydroxylation is 1. The molecular formula is C25H24N2O. The average Bonchev–Trinajstić information content (AvgIpc) is 3.08. The van der Waals surface area contributed by atoms with E-state index in [1.54, 1.807) is 0 Å². The fourth-order valence-corrected chi connectivity index (χ4v) is 3.55. The number of fused-ring (bicyclic) bond motifs is 1. The maximum atomic E-state index is 6.14. The Morgan fingerprint density at radius 1 is 0.964 bits per heavy atom. The van der Waals surface area contributed by atoms with Gasteiger partial charge in [0.2, 0.25) is 0 Å². The first-order valence-electron chi connectivity index (χ1n) is 9.61. The number of hydrogen-bond donors (Lipinski definition) is 0. The van der Waals surface area contributed by atoms with Crippen molar-refractivity contribution in [3.63, 3.8) is 0 Å². The lowest BCUT2D eigenvalue weighted by atomic mass is 10.1. The minimum absolute atomic E-state index is 0.577. The Balaban J connectivity index is 1.64. The van der Waals surface area contributed by atoms with Crippen LogP contribution in [0.1, 0.15) is 11.1 Å². The standard InChI is InChI=1S/C25H24N2O/c1-3-10-20-12-5-9-16-24(20)28-18-17-27-23-15-8-7-14-22(23)26-25(27)21-13-6-4-11-19(21)2/h3-9,11-16H,1,10,17-18H2,2H3. The van der Waals surface area contributed by atoms with Gasteiger partial charge in [0.05, 0.1) is 17.6 Å². The molecule has 0 N–H and O–H groups in total. The number of nitrogens with zero attached hydrogens (tertiary/aromatic N) is 2. The summed E-state index contributed by atoms with van der Waals surface area (Å²) in [5.41, 5.74) is 5.67. The van der Waals surface area contributed by atoms with Gasteiger partial charge in [-0.15, -0.1) is 6.58 Å². The number of para-hydroxylation sites is 3. The summed E-state index contributed by atoms with van der Waals surface area (Å²) in [6.07, 6.45) is 2.71. The highest BCUT2D eigenvalue weighted by Crippen LogP contribution is 2.27. The molecule has 0 bridgehead atoms. The zero-order chi connectivity index (χ0) is 19.3. The number of imidazole rings is 1. The second-order valence-corrected chi connectivity index (χ2v) is 6.84. The summed E-state index contributed by atoms with van der Waals surface area (Å²) in [6, 6.07) is 24.8. The number of rotatable bonds is 7. The lowest BCUT2D eigenvalue weighted by Gasteiger charge is -2.14. The van der Waals surface area contributed by atoms with E-state index in [1.807, 2.05) is 30.3 Å². The van der Waals surface area contributed by atoms with E-state index < -0.39 is 0 Å². The van der Waals surface area contributed by atoms with Crippen LogP contribution >= 0.6 is 0 Å². The third-order valence-corrected chi connectivity index (χ3v) is 4.95. The third kappa shape index (κ3) is 3.56. The number of allylic oxidation sites excluding steroid dienone is 1. The molecule has 0 atom stereocenters. The summed E-state index contributed by atoms with van der Waals surface area (Å²) < 4.78 is 8.39. The molecule has 0 radical (unpaired) electrons. The van der Waals surface area contributed by atoms with Crippen LogP contribution in [0.15, 0.2) is 85.5 Å². The molecule has 0 unspecified atom stereocenters. The molecule has 0 fully saturated rings. The van der Waals surface area contributed by atoms with Crippen molar-refractivity contribution in [2.75, 3.05) is 6.61 Å². The van der Waals surface area contributed by atoms with Crippen LogP contribution in [0, 0.1) is 6.92 Å². The highest BCUT2D eigenvalue weighted by molar-refractivity contribution is 5.81. The van der Waals surface area contributed by atoms with Crippen molar-refractivity contribution >= 4 is 11.0 Å². The fraction of sp³-hybridized carbons (Fsp3) is 0.160. The minimum Gasteiger partial charge on any atom is -0.491 e. The predicted octanol–water partition coefficient (Wildman–Crippen LogP) is 5.82.